The molecule has 0 atom stereocenters. The van der Waals surface area contributed by atoms with Gasteiger partial charge in [0.2, 0.25) is 0 Å². The Morgan fingerprint density at radius 3 is 1.00 bits per heavy atom. The van der Waals surface area contributed by atoms with Crippen LogP contribution in [0.25, 0.3) is 0 Å². The van der Waals surface area contributed by atoms with Gasteiger partial charge in [-0.25, -0.2) is 0 Å². The average molecular weight is 353 g/mol. The molecule has 0 aromatic carbocycles. The Bertz CT molecular complexity index is 296. The number of carbonyl (C=O) groups excluding carboxylic acids is 2. The van der Waals surface area contributed by atoms with Gasteiger partial charge < -0.3 is 42.2 Å². The molecule has 2 fully saturated rings. The first kappa shape index (κ1) is 25.2. The van der Waals surface area contributed by atoms with E-state index in [1.165, 1.54) is 0 Å². The number of carboxylic acid groups (broad SMARTS) is 2. The van der Waals surface area contributed by atoms with Gasteiger partial charge in [0.05, 0.1) is 23.0 Å². The summed E-state index contributed by atoms with van der Waals surface area (Å²) in [5.41, 5.74) is 8.88. The Morgan fingerprint density at radius 2 is 0.905 bits per heavy atom. The van der Waals surface area contributed by atoms with E-state index in [-0.39, 0.29) is 27.4 Å². The summed E-state index contributed by atoms with van der Waals surface area (Å²) in [6.07, 6.45) is 6.00. The smallest absolute Gasteiger partial charge is 0.548 e. The van der Waals surface area contributed by atoms with Gasteiger partial charge in [0.1, 0.15) is 0 Å². The van der Waals surface area contributed by atoms with Gasteiger partial charge in [-0.2, -0.15) is 0 Å². The second-order valence-corrected chi connectivity index (χ2v) is 5.30. The van der Waals surface area contributed by atoms with Gasteiger partial charge >= 0.3 is 16.5 Å². The van der Waals surface area contributed by atoms with Crippen LogP contribution in [0.4, 0.5) is 0 Å². The third-order valence-corrected chi connectivity index (χ3v) is 3.80. The fraction of sp³-hybridized carbons (Fsp3) is 0.833. The van der Waals surface area contributed by atoms with Crippen molar-refractivity contribution >= 4 is 11.9 Å². The molecule has 128 valence electrons. The van der Waals surface area contributed by atoms with Crippen molar-refractivity contribution in [3.63, 3.8) is 0 Å². The van der Waals surface area contributed by atoms with Crippen LogP contribution >= 0.6 is 0 Å². The Labute approximate surface area is 133 Å². The minimum atomic E-state index is -1.10. The Morgan fingerprint density at radius 1 is 0.714 bits per heavy atom. The van der Waals surface area contributed by atoms with E-state index in [0.717, 1.165) is 25.7 Å². The predicted molar refractivity (Wildman–Crippen MR) is 70.5 cm³/mol. The van der Waals surface area contributed by atoms with Gasteiger partial charge in [-0.15, -0.1) is 0 Å². The monoisotopic (exact) mass is 352 g/mol. The topological polar surface area (TPSA) is 198 Å². The Kier molecular flexibility index (Phi) is 12.1. The molecule has 0 aromatic heterocycles. The van der Waals surface area contributed by atoms with Crippen molar-refractivity contribution in [3.8, 4) is 0 Å². The minimum absolute atomic E-state index is 0. The van der Waals surface area contributed by atoms with Gasteiger partial charge in [0.15, 0.2) is 0 Å². The van der Waals surface area contributed by atoms with Gasteiger partial charge in [-0.05, 0) is 25.7 Å². The largest absolute Gasteiger partial charge is 2.00 e. The molecule has 0 amide bonds. The molecule has 0 radical (unpaired) electrons. The summed E-state index contributed by atoms with van der Waals surface area (Å²) >= 11 is 0. The fourth-order valence-corrected chi connectivity index (χ4v) is 2.42. The van der Waals surface area contributed by atoms with E-state index in [1.807, 2.05) is 0 Å². The van der Waals surface area contributed by atoms with E-state index in [9.17, 15) is 19.8 Å². The van der Waals surface area contributed by atoms with Gasteiger partial charge in [0, 0.05) is 0 Å². The number of aliphatic carboxylic acids is 2. The summed E-state index contributed by atoms with van der Waals surface area (Å²) in [4.78, 5) is 20.6. The molecule has 0 spiro atoms. The van der Waals surface area contributed by atoms with Crippen LogP contribution in [0.1, 0.15) is 51.4 Å². The zero-order valence-corrected chi connectivity index (χ0v) is 12.9. The van der Waals surface area contributed by atoms with E-state index in [2.05, 4.69) is 0 Å². The van der Waals surface area contributed by atoms with E-state index in [1.54, 1.807) is 0 Å². The van der Waals surface area contributed by atoms with Crippen LogP contribution in [0.15, 0.2) is 0 Å². The van der Waals surface area contributed by atoms with Crippen molar-refractivity contribution in [2.24, 2.45) is 11.5 Å². The minimum Gasteiger partial charge on any atom is -0.548 e. The predicted octanol–water partition coefficient (Wildman–Crippen LogP) is -3.83. The maximum Gasteiger partial charge on any atom is 2.00 e. The van der Waals surface area contributed by atoms with Crippen LogP contribution in [0, 0.1) is 0 Å². The van der Waals surface area contributed by atoms with Crippen LogP contribution < -0.4 is 21.7 Å². The summed E-state index contributed by atoms with van der Waals surface area (Å²) in [5, 5.41) is 20.6. The molecule has 0 unspecified atom stereocenters. The number of hydrogen-bond donors (Lipinski definition) is 2. The first-order chi connectivity index (χ1) is 8.30. The molecule has 0 bridgehead atoms. The summed E-state index contributed by atoms with van der Waals surface area (Å²) in [5.74, 6) is -2.19. The third kappa shape index (κ3) is 6.71. The standard InChI is InChI=1S/2C6H11NO2.Ni.2H2O/c2*7-6(5(8)9)3-1-2-4-6;;;/h2*1-4,7H2,(H,8,9);;2*1H2/q;;+2;;. The Hall–Kier alpha value is -0.726. The van der Waals surface area contributed by atoms with Crippen LogP contribution in [0.2, 0.25) is 0 Å². The third-order valence-electron chi connectivity index (χ3n) is 3.80. The zero-order valence-electron chi connectivity index (χ0n) is 11.9. The maximum atomic E-state index is 10.3. The van der Waals surface area contributed by atoms with Crippen LogP contribution in [-0.2, 0) is 37.0 Å². The quantitative estimate of drug-likeness (QED) is 0.376. The normalized spacial score (nSPS) is 20.7. The molecule has 0 aromatic rings. The molecule has 2 rings (SSSR count). The summed E-state index contributed by atoms with van der Waals surface area (Å²) in [6, 6.07) is 0. The fourth-order valence-electron chi connectivity index (χ4n) is 2.42. The van der Waals surface area contributed by atoms with Crippen LogP contribution in [0.3, 0.4) is 0 Å². The molecular weight excluding hydrogens is 327 g/mol. The van der Waals surface area contributed by atoms with E-state index < -0.39 is 23.0 Å². The first-order valence-electron chi connectivity index (χ1n) is 6.31. The maximum absolute atomic E-state index is 10.3. The van der Waals surface area contributed by atoms with E-state index >= 15 is 0 Å². The van der Waals surface area contributed by atoms with Crippen LogP contribution in [-0.4, -0.2) is 23.0 Å². The second kappa shape index (κ2) is 10.1. The molecule has 0 aliphatic heterocycles. The number of rotatable bonds is 2. The van der Waals surface area contributed by atoms with E-state index in [0.29, 0.717) is 25.7 Å². The van der Waals surface area contributed by atoms with Crippen LogP contribution in [0.5, 0.6) is 0 Å². The summed E-state index contributed by atoms with van der Waals surface area (Å²) in [6.45, 7) is 0. The molecule has 10 N–H and O–H groups in total. The number of carboxylic acids is 2. The van der Waals surface area contributed by atoms with Crippen molar-refractivity contribution in [1.29, 1.82) is 0 Å². The number of carbonyl (C=O) groups is 2. The number of nitrogens with two attached hydrogens (primary N) is 2. The SMILES string of the molecule is NC1(C(=O)[O-])CCCC1.NC1(C(=O)[O-])CCCC1.[Ni+2].[OH3+].[OH3+]. The number of hydrogen-bond acceptors (Lipinski definition) is 6. The van der Waals surface area contributed by atoms with Crippen molar-refractivity contribution < 1.29 is 47.2 Å². The van der Waals surface area contributed by atoms with Gasteiger partial charge in [0.25, 0.3) is 0 Å². The average Bonchev–Trinajstić information content (AvgIpc) is 2.90. The van der Waals surface area contributed by atoms with Gasteiger partial charge in [-0.3, -0.25) is 0 Å². The summed E-state index contributed by atoms with van der Waals surface area (Å²) < 4.78 is 0. The summed E-state index contributed by atoms with van der Waals surface area (Å²) in [7, 11) is 0. The zero-order chi connectivity index (χ0) is 13.8. The van der Waals surface area contributed by atoms with E-state index in [4.69, 9.17) is 11.5 Å². The second-order valence-electron chi connectivity index (χ2n) is 5.30. The molecule has 8 nitrogen and oxygen atoms in total. The van der Waals surface area contributed by atoms with Crippen molar-refractivity contribution in [2.45, 2.75) is 62.4 Å². The first-order valence-corrected chi connectivity index (χ1v) is 6.31. The molecule has 2 aliphatic carbocycles. The molecule has 0 saturated heterocycles. The molecule has 21 heavy (non-hydrogen) atoms. The van der Waals surface area contributed by atoms with Crippen molar-refractivity contribution in [3.05, 3.63) is 0 Å². The van der Waals surface area contributed by atoms with Crippen molar-refractivity contribution in [2.75, 3.05) is 0 Å². The van der Waals surface area contributed by atoms with Crippen molar-refractivity contribution in [1.82, 2.24) is 0 Å². The molecule has 2 aliphatic rings. The Balaban J connectivity index is -0.000000270. The molecular formula is C12H26N2NiO6+2. The molecule has 0 heterocycles. The van der Waals surface area contributed by atoms with Gasteiger partial charge in [-0.1, -0.05) is 25.7 Å². The molecule has 9 heteroatoms. The molecule has 2 saturated carbocycles.